The first kappa shape index (κ1) is 11.0. The van der Waals surface area contributed by atoms with Crippen LogP contribution in [0.4, 0.5) is 10.1 Å². The Balaban J connectivity index is 2.45. The minimum atomic E-state index is -0.173. The third kappa shape index (κ3) is 3.36. The Hall–Kier alpha value is -1.05. The molecule has 0 saturated heterocycles. The molecule has 0 saturated carbocycles. The summed E-state index contributed by atoms with van der Waals surface area (Å²) in [5.74, 6) is -0.173. The highest BCUT2D eigenvalue weighted by molar-refractivity contribution is 5.50. The lowest BCUT2D eigenvalue weighted by Crippen LogP contribution is -2.03. The number of rotatable bonds is 5. The first-order chi connectivity index (χ1) is 6.74. The zero-order chi connectivity index (χ0) is 10.4. The van der Waals surface area contributed by atoms with Gasteiger partial charge in [0, 0.05) is 12.2 Å². The second-order valence-corrected chi connectivity index (χ2v) is 3.59. The van der Waals surface area contributed by atoms with Gasteiger partial charge in [0.25, 0.3) is 0 Å². The van der Waals surface area contributed by atoms with Gasteiger partial charge in [-0.25, -0.2) is 4.39 Å². The predicted molar refractivity (Wildman–Crippen MR) is 59.2 cm³/mol. The van der Waals surface area contributed by atoms with Gasteiger partial charge in [-0.1, -0.05) is 25.8 Å². The highest BCUT2D eigenvalue weighted by Gasteiger charge is 1.98. The van der Waals surface area contributed by atoms with Crippen molar-refractivity contribution in [3.8, 4) is 0 Å². The van der Waals surface area contributed by atoms with Gasteiger partial charge >= 0.3 is 0 Å². The zero-order valence-electron chi connectivity index (χ0n) is 8.94. The number of unbranched alkanes of at least 4 members (excludes halogenated alkanes) is 2. The maximum atomic E-state index is 12.9. The van der Waals surface area contributed by atoms with Gasteiger partial charge in [-0.3, -0.25) is 0 Å². The molecule has 0 aliphatic heterocycles. The Morgan fingerprint density at radius 1 is 1.29 bits per heavy atom. The fourth-order valence-electron chi connectivity index (χ4n) is 1.38. The molecule has 0 radical (unpaired) electrons. The van der Waals surface area contributed by atoms with Crippen LogP contribution in [0.3, 0.4) is 0 Å². The first-order valence-electron chi connectivity index (χ1n) is 5.24. The van der Waals surface area contributed by atoms with Crippen molar-refractivity contribution in [3.63, 3.8) is 0 Å². The summed E-state index contributed by atoms with van der Waals surface area (Å²) in [4.78, 5) is 0. The molecule has 14 heavy (non-hydrogen) atoms. The van der Waals surface area contributed by atoms with Crippen molar-refractivity contribution in [1.29, 1.82) is 0 Å². The molecule has 2 heteroatoms. The van der Waals surface area contributed by atoms with Crippen LogP contribution >= 0.6 is 0 Å². The van der Waals surface area contributed by atoms with E-state index < -0.39 is 0 Å². The van der Waals surface area contributed by atoms with E-state index in [1.165, 1.54) is 18.9 Å². The molecule has 0 amide bonds. The zero-order valence-corrected chi connectivity index (χ0v) is 8.94. The second kappa shape index (κ2) is 5.63. The van der Waals surface area contributed by atoms with Gasteiger partial charge in [-0.15, -0.1) is 0 Å². The summed E-state index contributed by atoms with van der Waals surface area (Å²) >= 11 is 0. The molecule has 78 valence electrons. The Morgan fingerprint density at radius 3 is 2.79 bits per heavy atom. The van der Waals surface area contributed by atoms with E-state index in [0.717, 1.165) is 24.2 Å². The Bertz CT molecular complexity index is 284. The van der Waals surface area contributed by atoms with Gasteiger partial charge in [-0.2, -0.15) is 0 Å². The van der Waals surface area contributed by atoms with E-state index >= 15 is 0 Å². The Morgan fingerprint density at radius 2 is 2.07 bits per heavy atom. The molecule has 1 aromatic carbocycles. The summed E-state index contributed by atoms with van der Waals surface area (Å²) in [6, 6.07) is 4.85. The molecule has 0 spiro atoms. The average molecular weight is 195 g/mol. The molecule has 1 aromatic rings. The van der Waals surface area contributed by atoms with Crippen LogP contribution in [0.15, 0.2) is 18.2 Å². The number of nitrogens with one attached hydrogen (secondary N) is 1. The molecule has 0 aromatic heterocycles. The molecule has 1 rings (SSSR count). The average Bonchev–Trinajstić information content (AvgIpc) is 2.18. The van der Waals surface area contributed by atoms with Crippen LogP contribution in [0.25, 0.3) is 0 Å². The summed E-state index contributed by atoms with van der Waals surface area (Å²) in [5, 5.41) is 3.25. The molecule has 0 bridgehead atoms. The smallest absolute Gasteiger partial charge is 0.125 e. The molecule has 0 unspecified atom stereocenters. The van der Waals surface area contributed by atoms with Gasteiger partial charge in [-0.05, 0) is 31.0 Å². The SMILES string of the molecule is CCCCCNc1cc(F)ccc1C. The fraction of sp³-hybridized carbons (Fsp3) is 0.500. The van der Waals surface area contributed by atoms with E-state index in [4.69, 9.17) is 0 Å². The van der Waals surface area contributed by atoms with Crippen molar-refractivity contribution < 1.29 is 4.39 Å². The van der Waals surface area contributed by atoms with Crippen molar-refractivity contribution in [3.05, 3.63) is 29.6 Å². The van der Waals surface area contributed by atoms with E-state index in [9.17, 15) is 4.39 Å². The van der Waals surface area contributed by atoms with Crippen LogP contribution in [0, 0.1) is 12.7 Å². The second-order valence-electron chi connectivity index (χ2n) is 3.59. The quantitative estimate of drug-likeness (QED) is 0.706. The number of hydrogen-bond acceptors (Lipinski definition) is 1. The summed E-state index contributed by atoms with van der Waals surface area (Å²) in [5.41, 5.74) is 2.02. The van der Waals surface area contributed by atoms with Crippen molar-refractivity contribution in [2.75, 3.05) is 11.9 Å². The van der Waals surface area contributed by atoms with Gasteiger partial charge in [0.2, 0.25) is 0 Å². The van der Waals surface area contributed by atoms with E-state index in [2.05, 4.69) is 12.2 Å². The molecule has 1 nitrogen and oxygen atoms in total. The number of benzene rings is 1. The van der Waals surface area contributed by atoms with Gasteiger partial charge in [0.1, 0.15) is 5.82 Å². The molecule has 0 fully saturated rings. The molecule has 0 atom stereocenters. The summed E-state index contributed by atoms with van der Waals surface area (Å²) in [7, 11) is 0. The predicted octanol–water partition coefficient (Wildman–Crippen LogP) is 3.74. The molecular weight excluding hydrogens is 177 g/mol. The third-order valence-electron chi connectivity index (χ3n) is 2.30. The third-order valence-corrected chi connectivity index (χ3v) is 2.30. The maximum absolute atomic E-state index is 12.9. The summed E-state index contributed by atoms with van der Waals surface area (Å²) in [6.45, 7) is 5.09. The van der Waals surface area contributed by atoms with Crippen LogP contribution in [0.1, 0.15) is 31.7 Å². The van der Waals surface area contributed by atoms with Gasteiger partial charge in [0.05, 0.1) is 0 Å². The molecule has 0 aliphatic carbocycles. The minimum Gasteiger partial charge on any atom is -0.385 e. The number of anilines is 1. The summed E-state index contributed by atoms with van der Waals surface area (Å²) in [6.07, 6.45) is 3.58. The Kier molecular flexibility index (Phi) is 4.44. The van der Waals surface area contributed by atoms with Crippen molar-refractivity contribution in [2.45, 2.75) is 33.1 Å². The first-order valence-corrected chi connectivity index (χ1v) is 5.24. The van der Waals surface area contributed by atoms with Crippen molar-refractivity contribution in [2.24, 2.45) is 0 Å². The van der Waals surface area contributed by atoms with Gasteiger partial charge in [0.15, 0.2) is 0 Å². The molecule has 0 aliphatic rings. The highest BCUT2D eigenvalue weighted by atomic mass is 19.1. The van der Waals surface area contributed by atoms with E-state index in [-0.39, 0.29) is 5.82 Å². The largest absolute Gasteiger partial charge is 0.385 e. The standard InChI is InChI=1S/C12H18FN/c1-3-4-5-8-14-12-9-11(13)7-6-10(12)2/h6-7,9,14H,3-5,8H2,1-2H3. The van der Waals surface area contributed by atoms with Crippen LogP contribution in [0.5, 0.6) is 0 Å². The monoisotopic (exact) mass is 195 g/mol. The molecule has 0 heterocycles. The molecule has 1 N–H and O–H groups in total. The van der Waals surface area contributed by atoms with Crippen LogP contribution in [-0.4, -0.2) is 6.54 Å². The summed E-state index contributed by atoms with van der Waals surface area (Å²) < 4.78 is 12.9. The van der Waals surface area contributed by atoms with Crippen LogP contribution in [-0.2, 0) is 0 Å². The lowest BCUT2D eigenvalue weighted by molar-refractivity contribution is 0.627. The van der Waals surface area contributed by atoms with Crippen molar-refractivity contribution in [1.82, 2.24) is 0 Å². The maximum Gasteiger partial charge on any atom is 0.125 e. The number of aryl methyl sites for hydroxylation is 1. The fourth-order valence-corrected chi connectivity index (χ4v) is 1.38. The van der Waals surface area contributed by atoms with E-state index in [1.807, 2.05) is 6.92 Å². The topological polar surface area (TPSA) is 12.0 Å². The number of hydrogen-bond donors (Lipinski definition) is 1. The minimum absolute atomic E-state index is 0.173. The Labute approximate surface area is 85.3 Å². The normalized spacial score (nSPS) is 10.2. The van der Waals surface area contributed by atoms with Crippen LogP contribution < -0.4 is 5.32 Å². The lowest BCUT2D eigenvalue weighted by Gasteiger charge is -2.08. The molecular formula is C12H18FN. The number of halogens is 1. The van der Waals surface area contributed by atoms with Crippen molar-refractivity contribution >= 4 is 5.69 Å². The van der Waals surface area contributed by atoms with E-state index in [0.29, 0.717) is 0 Å². The highest BCUT2D eigenvalue weighted by Crippen LogP contribution is 2.15. The van der Waals surface area contributed by atoms with Gasteiger partial charge < -0.3 is 5.32 Å². The van der Waals surface area contributed by atoms with Crippen LogP contribution in [0.2, 0.25) is 0 Å². The van der Waals surface area contributed by atoms with E-state index in [1.54, 1.807) is 12.1 Å². The lowest BCUT2D eigenvalue weighted by atomic mass is 10.2.